The predicted molar refractivity (Wildman–Crippen MR) is 103 cm³/mol. The largest absolute Gasteiger partial charge is 0.336 e. The molecule has 8 heteroatoms. The Bertz CT molecular complexity index is 823. The molecule has 6 nitrogen and oxygen atoms in total. The summed E-state index contributed by atoms with van der Waals surface area (Å²) in [5.41, 5.74) is -1.43. The van der Waals surface area contributed by atoms with Crippen LogP contribution < -0.4 is 5.32 Å². The molecule has 1 saturated heterocycles. The number of nitrogens with zero attached hydrogens (tertiary/aromatic N) is 2. The van der Waals surface area contributed by atoms with Crippen molar-refractivity contribution in [1.82, 2.24) is 15.1 Å². The number of hydrogen-bond donors (Lipinski definition) is 1. The SMILES string of the molecule is CC(C)N(C(=O)CN1C(=O)NC(C)(c2ccc(F)c(F)c2)C1=O)C1CCCCC1. The topological polar surface area (TPSA) is 69.7 Å². The summed E-state index contributed by atoms with van der Waals surface area (Å²) in [6.07, 6.45) is 5.08. The molecule has 3 rings (SSSR count). The first kappa shape index (κ1) is 21.2. The maximum Gasteiger partial charge on any atom is 0.325 e. The summed E-state index contributed by atoms with van der Waals surface area (Å²) in [6, 6.07) is 2.39. The molecular formula is C21H27F2N3O3. The average Bonchev–Trinajstić information content (AvgIpc) is 2.88. The molecule has 1 heterocycles. The molecule has 1 atom stereocenters. The molecule has 1 aromatic rings. The van der Waals surface area contributed by atoms with Gasteiger partial charge >= 0.3 is 6.03 Å². The van der Waals surface area contributed by atoms with Crippen LogP contribution in [0.2, 0.25) is 0 Å². The van der Waals surface area contributed by atoms with Gasteiger partial charge in [-0.25, -0.2) is 13.6 Å². The van der Waals surface area contributed by atoms with E-state index in [0.717, 1.165) is 49.1 Å². The number of amides is 4. The van der Waals surface area contributed by atoms with Crippen molar-refractivity contribution in [3.8, 4) is 0 Å². The highest BCUT2D eigenvalue weighted by Crippen LogP contribution is 2.30. The van der Waals surface area contributed by atoms with Crippen molar-refractivity contribution in [2.24, 2.45) is 0 Å². The second-order valence-corrected chi connectivity index (χ2v) is 8.26. The van der Waals surface area contributed by atoms with Crippen LogP contribution in [-0.2, 0) is 15.1 Å². The van der Waals surface area contributed by atoms with Crippen molar-refractivity contribution in [2.45, 2.75) is 70.5 Å². The van der Waals surface area contributed by atoms with Gasteiger partial charge in [0.25, 0.3) is 5.91 Å². The lowest BCUT2D eigenvalue weighted by Gasteiger charge is -2.38. The summed E-state index contributed by atoms with van der Waals surface area (Å²) in [4.78, 5) is 41.1. The highest BCUT2D eigenvalue weighted by Gasteiger charge is 2.50. The van der Waals surface area contributed by atoms with Gasteiger partial charge in [0.2, 0.25) is 5.91 Å². The number of hydrogen-bond acceptors (Lipinski definition) is 3. The summed E-state index contributed by atoms with van der Waals surface area (Å²) in [5, 5.41) is 2.52. The normalized spacial score (nSPS) is 22.9. The number of carbonyl (C=O) groups excluding carboxylic acids is 3. The second kappa shape index (κ2) is 8.08. The van der Waals surface area contributed by atoms with Crippen molar-refractivity contribution >= 4 is 17.8 Å². The number of carbonyl (C=O) groups is 3. The minimum atomic E-state index is -1.56. The Labute approximate surface area is 169 Å². The van der Waals surface area contributed by atoms with Gasteiger partial charge in [0.1, 0.15) is 12.1 Å². The van der Waals surface area contributed by atoms with Gasteiger partial charge in [-0.05, 0) is 51.3 Å². The molecule has 1 aromatic carbocycles. The molecule has 0 aromatic heterocycles. The van der Waals surface area contributed by atoms with Crippen LogP contribution in [-0.4, -0.2) is 46.3 Å². The van der Waals surface area contributed by atoms with Crippen molar-refractivity contribution in [1.29, 1.82) is 0 Å². The predicted octanol–water partition coefficient (Wildman–Crippen LogP) is 3.30. The third-order valence-corrected chi connectivity index (χ3v) is 5.88. The molecule has 29 heavy (non-hydrogen) atoms. The quantitative estimate of drug-likeness (QED) is 0.762. The molecule has 1 saturated carbocycles. The highest BCUT2D eigenvalue weighted by molar-refractivity contribution is 6.09. The van der Waals surface area contributed by atoms with E-state index in [2.05, 4.69) is 5.32 Å². The first-order chi connectivity index (χ1) is 13.6. The Balaban J connectivity index is 1.80. The zero-order chi connectivity index (χ0) is 21.3. The zero-order valence-corrected chi connectivity index (χ0v) is 17.0. The van der Waals surface area contributed by atoms with Crippen LogP contribution in [0.4, 0.5) is 13.6 Å². The van der Waals surface area contributed by atoms with E-state index in [0.29, 0.717) is 0 Å². The molecular weight excluding hydrogens is 380 g/mol. The van der Waals surface area contributed by atoms with Crippen LogP contribution in [0.1, 0.15) is 58.4 Å². The molecule has 1 aliphatic carbocycles. The summed E-state index contributed by atoms with van der Waals surface area (Å²) in [5.74, 6) is -3.09. The van der Waals surface area contributed by atoms with Crippen molar-refractivity contribution in [3.05, 3.63) is 35.4 Å². The minimum absolute atomic E-state index is 0.0519. The van der Waals surface area contributed by atoms with Gasteiger partial charge in [0.05, 0.1) is 0 Å². The van der Waals surface area contributed by atoms with Gasteiger partial charge in [-0.2, -0.15) is 0 Å². The lowest BCUT2D eigenvalue weighted by atomic mass is 9.91. The Kier molecular flexibility index (Phi) is 5.91. The fourth-order valence-electron chi connectivity index (χ4n) is 4.33. The summed E-state index contributed by atoms with van der Waals surface area (Å²) in [6.45, 7) is 4.89. The fourth-order valence-corrected chi connectivity index (χ4v) is 4.33. The number of urea groups is 1. The standard InChI is InChI=1S/C21H27F2N3O3/c1-13(2)26(15-7-5-4-6-8-15)18(27)12-25-19(28)21(3,24-20(25)29)14-9-10-16(22)17(23)11-14/h9-11,13,15H,4-8,12H2,1-3H3,(H,24,29). The highest BCUT2D eigenvalue weighted by atomic mass is 19.2. The van der Waals surface area contributed by atoms with E-state index in [9.17, 15) is 23.2 Å². The molecule has 2 aliphatic rings. The van der Waals surface area contributed by atoms with Gasteiger partial charge in [0, 0.05) is 12.1 Å². The van der Waals surface area contributed by atoms with Gasteiger partial charge < -0.3 is 10.2 Å². The van der Waals surface area contributed by atoms with Gasteiger partial charge in [0.15, 0.2) is 11.6 Å². The summed E-state index contributed by atoms with van der Waals surface area (Å²) >= 11 is 0. The molecule has 1 aliphatic heterocycles. The second-order valence-electron chi connectivity index (χ2n) is 8.26. The van der Waals surface area contributed by atoms with Crippen molar-refractivity contribution < 1.29 is 23.2 Å². The molecule has 2 fully saturated rings. The van der Waals surface area contributed by atoms with E-state index >= 15 is 0 Å². The van der Waals surface area contributed by atoms with Gasteiger partial charge in [-0.15, -0.1) is 0 Å². The third-order valence-electron chi connectivity index (χ3n) is 5.88. The number of halogens is 2. The molecule has 0 radical (unpaired) electrons. The van der Waals surface area contributed by atoms with Gasteiger partial charge in [-0.1, -0.05) is 25.3 Å². The first-order valence-corrected chi connectivity index (χ1v) is 10.1. The summed E-state index contributed by atoms with van der Waals surface area (Å²) < 4.78 is 26.9. The Morgan fingerprint density at radius 2 is 1.86 bits per heavy atom. The number of imide groups is 1. The average molecular weight is 407 g/mol. The molecule has 0 spiro atoms. The molecule has 4 amide bonds. The van der Waals surface area contributed by atoms with Crippen LogP contribution >= 0.6 is 0 Å². The Morgan fingerprint density at radius 1 is 1.21 bits per heavy atom. The molecule has 158 valence electrons. The Hall–Kier alpha value is -2.51. The molecule has 0 bridgehead atoms. The zero-order valence-electron chi connectivity index (χ0n) is 17.0. The van der Waals surface area contributed by atoms with E-state index in [1.807, 2.05) is 13.8 Å². The van der Waals surface area contributed by atoms with E-state index in [4.69, 9.17) is 0 Å². The van der Waals surface area contributed by atoms with Crippen molar-refractivity contribution in [3.63, 3.8) is 0 Å². The molecule has 1 N–H and O–H groups in total. The fraction of sp³-hybridized carbons (Fsp3) is 0.571. The molecule has 1 unspecified atom stereocenters. The van der Waals surface area contributed by atoms with Crippen LogP contribution in [0.5, 0.6) is 0 Å². The lowest BCUT2D eigenvalue weighted by Crippen LogP contribution is -2.51. The van der Waals surface area contributed by atoms with E-state index in [1.165, 1.54) is 13.0 Å². The van der Waals surface area contributed by atoms with Crippen LogP contribution in [0.3, 0.4) is 0 Å². The van der Waals surface area contributed by atoms with Gasteiger partial charge in [-0.3, -0.25) is 14.5 Å². The maximum absolute atomic E-state index is 13.7. The Morgan fingerprint density at radius 3 is 2.45 bits per heavy atom. The van der Waals surface area contributed by atoms with Crippen LogP contribution in [0.25, 0.3) is 0 Å². The van der Waals surface area contributed by atoms with Crippen LogP contribution in [0, 0.1) is 11.6 Å². The number of rotatable bonds is 5. The maximum atomic E-state index is 13.7. The lowest BCUT2D eigenvalue weighted by molar-refractivity contribution is -0.142. The number of benzene rings is 1. The monoisotopic (exact) mass is 407 g/mol. The van der Waals surface area contributed by atoms with Crippen LogP contribution in [0.15, 0.2) is 18.2 Å². The van der Waals surface area contributed by atoms with E-state index < -0.39 is 29.1 Å². The van der Waals surface area contributed by atoms with E-state index in [-0.39, 0.29) is 30.1 Å². The number of nitrogens with one attached hydrogen (secondary N) is 1. The third kappa shape index (κ3) is 3.97. The van der Waals surface area contributed by atoms with E-state index in [1.54, 1.807) is 4.90 Å². The van der Waals surface area contributed by atoms with Crippen molar-refractivity contribution in [2.75, 3.05) is 6.54 Å². The smallest absolute Gasteiger partial charge is 0.325 e. The minimum Gasteiger partial charge on any atom is -0.336 e. The summed E-state index contributed by atoms with van der Waals surface area (Å²) in [7, 11) is 0. The first-order valence-electron chi connectivity index (χ1n) is 10.1.